The summed E-state index contributed by atoms with van der Waals surface area (Å²) in [6, 6.07) is 3.75. The molecular weight excluding hydrogens is 294 g/mol. The molecular formula is C16H19N5O2. The van der Waals surface area contributed by atoms with Crippen molar-refractivity contribution in [2.24, 2.45) is 0 Å². The zero-order chi connectivity index (χ0) is 16.1. The van der Waals surface area contributed by atoms with Gasteiger partial charge in [0.05, 0.1) is 26.1 Å². The largest absolute Gasteiger partial charge is 0.493 e. The van der Waals surface area contributed by atoms with Gasteiger partial charge in [-0.2, -0.15) is 0 Å². The van der Waals surface area contributed by atoms with Gasteiger partial charge in [0.25, 0.3) is 0 Å². The molecule has 0 atom stereocenters. The molecule has 2 aromatic heterocycles. The average molecular weight is 313 g/mol. The number of imidazole rings is 1. The summed E-state index contributed by atoms with van der Waals surface area (Å²) in [6.45, 7) is 1.71. The maximum absolute atomic E-state index is 5.36. The molecule has 0 unspecified atom stereocenters. The zero-order valence-electron chi connectivity index (χ0n) is 13.2. The summed E-state index contributed by atoms with van der Waals surface area (Å²) in [6.07, 6.45) is 8.07. The summed E-state index contributed by atoms with van der Waals surface area (Å²) in [7, 11) is 3.23. The first-order chi connectivity index (χ1) is 11.3. The van der Waals surface area contributed by atoms with Crippen LogP contribution in [0.25, 0.3) is 10.9 Å². The molecule has 0 spiro atoms. The summed E-state index contributed by atoms with van der Waals surface area (Å²) in [4.78, 5) is 12.7. The monoisotopic (exact) mass is 313 g/mol. The topological polar surface area (TPSA) is 74.1 Å². The number of fused-ring (bicyclic) bond motifs is 1. The predicted octanol–water partition coefficient (Wildman–Crippen LogP) is 2.35. The number of methoxy groups -OCH3 is 2. The third-order valence-electron chi connectivity index (χ3n) is 3.59. The number of aromatic nitrogens is 4. The highest BCUT2D eigenvalue weighted by molar-refractivity contribution is 5.91. The lowest BCUT2D eigenvalue weighted by atomic mass is 10.2. The molecule has 0 aliphatic carbocycles. The Bertz CT molecular complexity index is 773. The van der Waals surface area contributed by atoms with Crippen molar-refractivity contribution in [2.45, 2.75) is 13.0 Å². The van der Waals surface area contributed by atoms with E-state index in [1.807, 2.05) is 29.2 Å². The highest BCUT2D eigenvalue weighted by atomic mass is 16.5. The number of rotatable bonds is 7. The molecule has 7 heteroatoms. The van der Waals surface area contributed by atoms with Crippen LogP contribution in [0.5, 0.6) is 11.5 Å². The van der Waals surface area contributed by atoms with Gasteiger partial charge in [0.15, 0.2) is 11.5 Å². The van der Waals surface area contributed by atoms with Crippen molar-refractivity contribution >= 4 is 16.7 Å². The van der Waals surface area contributed by atoms with Gasteiger partial charge in [0, 0.05) is 36.9 Å². The molecule has 0 bridgehead atoms. The Morgan fingerprint density at radius 3 is 2.70 bits per heavy atom. The van der Waals surface area contributed by atoms with E-state index in [1.165, 1.54) is 0 Å². The fourth-order valence-electron chi connectivity index (χ4n) is 2.41. The summed E-state index contributed by atoms with van der Waals surface area (Å²) in [5.41, 5.74) is 0.815. The van der Waals surface area contributed by atoms with E-state index in [1.54, 1.807) is 26.7 Å². The molecule has 0 fully saturated rings. The molecule has 3 rings (SSSR count). The van der Waals surface area contributed by atoms with Crippen molar-refractivity contribution < 1.29 is 9.47 Å². The van der Waals surface area contributed by atoms with Crippen LogP contribution in [-0.2, 0) is 6.54 Å². The van der Waals surface area contributed by atoms with Gasteiger partial charge in [-0.05, 0) is 12.5 Å². The number of aryl methyl sites for hydroxylation is 1. The highest BCUT2D eigenvalue weighted by Crippen LogP contribution is 2.33. The molecule has 3 aromatic rings. The van der Waals surface area contributed by atoms with Crippen molar-refractivity contribution in [2.75, 3.05) is 26.1 Å². The van der Waals surface area contributed by atoms with Crippen molar-refractivity contribution in [3.8, 4) is 11.5 Å². The van der Waals surface area contributed by atoms with Crippen LogP contribution in [0.15, 0.2) is 37.2 Å². The van der Waals surface area contributed by atoms with E-state index in [0.29, 0.717) is 11.5 Å². The zero-order valence-corrected chi connectivity index (χ0v) is 13.2. The second kappa shape index (κ2) is 6.95. The van der Waals surface area contributed by atoms with Crippen molar-refractivity contribution in [3.05, 3.63) is 37.2 Å². The van der Waals surface area contributed by atoms with Crippen molar-refractivity contribution in [3.63, 3.8) is 0 Å². The fraction of sp³-hybridized carbons (Fsp3) is 0.312. The van der Waals surface area contributed by atoms with Crippen LogP contribution in [0.2, 0.25) is 0 Å². The maximum Gasteiger partial charge on any atom is 0.162 e. The molecule has 1 N–H and O–H groups in total. The number of nitrogens with one attached hydrogen (secondary N) is 1. The van der Waals surface area contributed by atoms with Crippen molar-refractivity contribution in [1.82, 2.24) is 19.5 Å². The molecule has 7 nitrogen and oxygen atoms in total. The summed E-state index contributed by atoms with van der Waals surface area (Å²) in [5, 5.41) is 4.27. The van der Waals surface area contributed by atoms with Crippen LogP contribution >= 0.6 is 0 Å². The minimum absolute atomic E-state index is 0.657. The SMILES string of the molecule is COc1cc2ncnc(NCCCn3ccnc3)c2cc1OC. The van der Waals surface area contributed by atoms with Gasteiger partial charge in [-0.25, -0.2) is 15.0 Å². The van der Waals surface area contributed by atoms with Gasteiger partial charge in [0.2, 0.25) is 0 Å². The second-order valence-electron chi connectivity index (χ2n) is 5.03. The predicted molar refractivity (Wildman–Crippen MR) is 88.0 cm³/mol. The number of hydrogen-bond donors (Lipinski definition) is 1. The van der Waals surface area contributed by atoms with E-state index in [2.05, 4.69) is 20.3 Å². The normalized spacial score (nSPS) is 10.7. The Balaban J connectivity index is 1.74. The first kappa shape index (κ1) is 15.1. The average Bonchev–Trinajstić information content (AvgIpc) is 3.11. The lowest BCUT2D eigenvalue weighted by Gasteiger charge is -2.12. The number of anilines is 1. The van der Waals surface area contributed by atoms with E-state index in [4.69, 9.17) is 9.47 Å². The molecule has 0 saturated carbocycles. The van der Waals surface area contributed by atoms with Crippen molar-refractivity contribution in [1.29, 1.82) is 0 Å². The lowest BCUT2D eigenvalue weighted by molar-refractivity contribution is 0.356. The summed E-state index contributed by atoms with van der Waals surface area (Å²) >= 11 is 0. The molecule has 0 aliphatic rings. The Morgan fingerprint density at radius 2 is 1.96 bits per heavy atom. The van der Waals surface area contributed by atoms with Crippen LogP contribution in [0, 0.1) is 0 Å². The number of benzene rings is 1. The smallest absolute Gasteiger partial charge is 0.162 e. The molecule has 2 heterocycles. The molecule has 120 valence electrons. The van der Waals surface area contributed by atoms with Crippen LogP contribution in [0.1, 0.15) is 6.42 Å². The van der Waals surface area contributed by atoms with Gasteiger partial charge in [0.1, 0.15) is 12.1 Å². The number of ether oxygens (including phenoxy) is 2. The summed E-state index contributed by atoms with van der Waals surface area (Å²) < 4.78 is 12.7. The minimum atomic E-state index is 0.657. The molecule has 23 heavy (non-hydrogen) atoms. The van der Waals surface area contributed by atoms with Gasteiger partial charge in [-0.15, -0.1) is 0 Å². The van der Waals surface area contributed by atoms with E-state index < -0.39 is 0 Å². The Hall–Kier alpha value is -2.83. The molecule has 0 radical (unpaired) electrons. The maximum atomic E-state index is 5.36. The van der Waals surface area contributed by atoms with Gasteiger partial charge < -0.3 is 19.4 Å². The molecule has 0 amide bonds. The second-order valence-corrected chi connectivity index (χ2v) is 5.03. The third-order valence-corrected chi connectivity index (χ3v) is 3.59. The van der Waals surface area contributed by atoms with E-state index in [-0.39, 0.29) is 0 Å². The van der Waals surface area contributed by atoms with E-state index in [9.17, 15) is 0 Å². The standard InChI is InChI=1S/C16H19N5O2/c1-22-14-8-12-13(9-15(14)23-2)19-10-20-16(12)18-4-3-6-21-7-5-17-11-21/h5,7-11H,3-4,6H2,1-2H3,(H,18,19,20). The molecule has 0 saturated heterocycles. The van der Waals surface area contributed by atoms with E-state index in [0.717, 1.165) is 36.2 Å². The fourth-order valence-corrected chi connectivity index (χ4v) is 2.41. The summed E-state index contributed by atoms with van der Waals surface area (Å²) in [5.74, 6) is 2.11. The third kappa shape index (κ3) is 3.33. The number of nitrogens with zero attached hydrogens (tertiary/aromatic N) is 4. The lowest BCUT2D eigenvalue weighted by Crippen LogP contribution is -2.07. The minimum Gasteiger partial charge on any atom is -0.493 e. The first-order valence-electron chi connectivity index (χ1n) is 7.38. The van der Waals surface area contributed by atoms with Gasteiger partial charge in [-0.3, -0.25) is 0 Å². The van der Waals surface area contributed by atoms with Crippen LogP contribution in [0.4, 0.5) is 5.82 Å². The van der Waals surface area contributed by atoms with Gasteiger partial charge >= 0.3 is 0 Å². The number of hydrogen-bond acceptors (Lipinski definition) is 6. The Kier molecular flexibility index (Phi) is 4.56. The first-order valence-corrected chi connectivity index (χ1v) is 7.38. The van der Waals surface area contributed by atoms with E-state index >= 15 is 0 Å². The van der Waals surface area contributed by atoms with Crippen LogP contribution in [-0.4, -0.2) is 40.3 Å². The highest BCUT2D eigenvalue weighted by Gasteiger charge is 2.10. The Morgan fingerprint density at radius 1 is 1.13 bits per heavy atom. The van der Waals surface area contributed by atoms with Crippen LogP contribution < -0.4 is 14.8 Å². The van der Waals surface area contributed by atoms with Crippen LogP contribution in [0.3, 0.4) is 0 Å². The molecule has 0 aliphatic heterocycles. The molecule has 1 aromatic carbocycles. The Labute approximate surface area is 134 Å². The quantitative estimate of drug-likeness (QED) is 0.675. The van der Waals surface area contributed by atoms with Gasteiger partial charge in [-0.1, -0.05) is 0 Å².